The van der Waals surface area contributed by atoms with E-state index in [2.05, 4.69) is 49.4 Å². The summed E-state index contributed by atoms with van der Waals surface area (Å²) in [4.78, 5) is 0. The summed E-state index contributed by atoms with van der Waals surface area (Å²) in [5.74, 6) is 1.000. The average molecular weight is 296 g/mol. The highest BCUT2D eigenvalue weighted by Gasteiger charge is 2.04. The van der Waals surface area contributed by atoms with Crippen LogP contribution in [-0.4, -0.2) is 6.61 Å². The van der Waals surface area contributed by atoms with Crippen LogP contribution in [0.4, 0.5) is 0 Å². The molecule has 0 saturated carbocycles. The lowest BCUT2D eigenvalue weighted by molar-refractivity contribution is 0.305. The maximum Gasteiger partial charge on any atom is 0.127 e. The van der Waals surface area contributed by atoms with Crippen LogP contribution >= 0.6 is 0 Å². The fourth-order valence-electron chi connectivity index (χ4n) is 2.69. The Labute approximate surface area is 135 Å². The zero-order chi connectivity index (χ0) is 15.5. The molecule has 0 aliphatic heterocycles. The zero-order valence-electron chi connectivity index (χ0n) is 13.8. The van der Waals surface area contributed by atoms with Gasteiger partial charge in [0.1, 0.15) is 5.75 Å². The van der Waals surface area contributed by atoms with Gasteiger partial charge in [-0.15, -0.1) is 0 Å². The SMILES string of the molecule is CCCCCCCCCOc1ccccc1-c1ccccc1. The minimum Gasteiger partial charge on any atom is -0.493 e. The molecule has 0 bridgehead atoms. The van der Waals surface area contributed by atoms with Gasteiger partial charge in [-0.1, -0.05) is 94.0 Å². The van der Waals surface area contributed by atoms with Crippen molar-refractivity contribution in [3.63, 3.8) is 0 Å². The van der Waals surface area contributed by atoms with Crippen LogP contribution < -0.4 is 4.74 Å². The van der Waals surface area contributed by atoms with Crippen LogP contribution in [0.3, 0.4) is 0 Å². The first-order chi connectivity index (χ1) is 10.9. The zero-order valence-corrected chi connectivity index (χ0v) is 13.8. The first-order valence-corrected chi connectivity index (χ1v) is 8.69. The summed E-state index contributed by atoms with van der Waals surface area (Å²) in [5, 5.41) is 0. The highest BCUT2D eigenvalue weighted by Crippen LogP contribution is 2.29. The Kier molecular flexibility index (Phi) is 7.59. The van der Waals surface area contributed by atoms with Gasteiger partial charge in [0.25, 0.3) is 0 Å². The summed E-state index contributed by atoms with van der Waals surface area (Å²) in [6.07, 6.45) is 9.21. The summed E-state index contributed by atoms with van der Waals surface area (Å²) < 4.78 is 6.02. The molecule has 0 radical (unpaired) electrons. The minimum absolute atomic E-state index is 0.817. The van der Waals surface area contributed by atoms with Crippen LogP contribution in [0.25, 0.3) is 11.1 Å². The Hall–Kier alpha value is -1.76. The molecule has 22 heavy (non-hydrogen) atoms. The van der Waals surface area contributed by atoms with Gasteiger partial charge in [-0.2, -0.15) is 0 Å². The number of rotatable bonds is 10. The van der Waals surface area contributed by atoms with Gasteiger partial charge in [-0.25, -0.2) is 0 Å². The van der Waals surface area contributed by atoms with E-state index in [0.29, 0.717) is 0 Å². The molecule has 0 aliphatic rings. The quantitative estimate of drug-likeness (QED) is 0.456. The van der Waals surface area contributed by atoms with Crippen LogP contribution in [0.5, 0.6) is 5.75 Å². The standard InChI is InChI=1S/C21H28O/c1-2-3-4-5-6-7-13-18-22-21-17-12-11-16-20(21)19-14-9-8-10-15-19/h8-12,14-17H,2-7,13,18H2,1H3. The van der Waals surface area contributed by atoms with E-state index in [-0.39, 0.29) is 0 Å². The van der Waals surface area contributed by atoms with Crippen molar-refractivity contribution < 1.29 is 4.74 Å². The molecule has 0 aromatic heterocycles. The topological polar surface area (TPSA) is 9.23 Å². The molecule has 2 rings (SSSR count). The molecular formula is C21H28O. The molecule has 1 nitrogen and oxygen atoms in total. The molecule has 0 heterocycles. The number of ether oxygens (including phenoxy) is 1. The molecule has 2 aromatic carbocycles. The third-order valence-electron chi connectivity index (χ3n) is 3.98. The van der Waals surface area contributed by atoms with Gasteiger partial charge in [0.05, 0.1) is 6.61 Å². The second-order valence-corrected chi connectivity index (χ2v) is 5.83. The maximum atomic E-state index is 6.02. The third kappa shape index (κ3) is 5.55. The van der Waals surface area contributed by atoms with E-state index in [0.717, 1.165) is 18.8 Å². The summed E-state index contributed by atoms with van der Waals surface area (Å²) in [7, 11) is 0. The van der Waals surface area contributed by atoms with Crippen molar-refractivity contribution in [3.05, 3.63) is 54.6 Å². The van der Waals surface area contributed by atoms with E-state index in [1.165, 1.54) is 49.7 Å². The van der Waals surface area contributed by atoms with Crippen LogP contribution in [0.2, 0.25) is 0 Å². The van der Waals surface area contributed by atoms with Gasteiger partial charge in [-0.05, 0) is 18.1 Å². The highest BCUT2D eigenvalue weighted by molar-refractivity contribution is 5.70. The lowest BCUT2D eigenvalue weighted by Gasteiger charge is -2.11. The summed E-state index contributed by atoms with van der Waals surface area (Å²) in [6, 6.07) is 18.8. The molecule has 0 fully saturated rings. The fourth-order valence-corrected chi connectivity index (χ4v) is 2.69. The van der Waals surface area contributed by atoms with Crippen LogP contribution in [0, 0.1) is 0 Å². The molecule has 0 aliphatic carbocycles. The monoisotopic (exact) mass is 296 g/mol. The molecule has 0 spiro atoms. The molecule has 0 saturated heterocycles. The second-order valence-electron chi connectivity index (χ2n) is 5.83. The number of benzene rings is 2. The van der Waals surface area contributed by atoms with Gasteiger partial charge in [-0.3, -0.25) is 0 Å². The molecule has 0 unspecified atom stereocenters. The summed E-state index contributed by atoms with van der Waals surface area (Å²) >= 11 is 0. The lowest BCUT2D eigenvalue weighted by Crippen LogP contribution is -1.98. The lowest BCUT2D eigenvalue weighted by atomic mass is 10.0. The van der Waals surface area contributed by atoms with Gasteiger partial charge in [0.15, 0.2) is 0 Å². The Morgan fingerprint density at radius 1 is 0.682 bits per heavy atom. The fraction of sp³-hybridized carbons (Fsp3) is 0.429. The smallest absolute Gasteiger partial charge is 0.127 e. The Morgan fingerprint density at radius 2 is 1.32 bits per heavy atom. The van der Waals surface area contributed by atoms with E-state index in [1.54, 1.807) is 0 Å². The van der Waals surface area contributed by atoms with Crippen LogP contribution in [0.15, 0.2) is 54.6 Å². The molecule has 2 aromatic rings. The minimum atomic E-state index is 0.817. The highest BCUT2D eigenvalue weighted by atomic mass is 16.5. The van der Waals surface area contributed by atoms with E-state index < -0.39 is 0 Å². The van der Waals surface area contributed by atoms with E-state index >= 15 is 0 Å². The largest absolute Gasteiger partial charge is 0.493 e. The van der Waals surface area contributed by atoms with Crippen molar-refractivity contribution in [2.24, 2.45) is 0 Å². The van der Waals surface area contributed by atoms with E-state index in [4.69, 9.17) is 4.74 Å². The first-order valence-electron chi connectivity index (χ1n) is 8.69. The van der Waals surface area contributed by atoms with Gasteiger partial charge in [0.2, 0.25) is 0 Å². The third-order valence-corrected chi connectivity index (χ3v) is 3.98. The molecule has 118 valence electrons. The molecule has 0 amide bonds. The summed E-state index contributed by atoms with van der Waals surface area (Å²) in [5.41, 5.74) is 2.41. The normalized spacial score (nSPS) is 10.6. The molecule has 0 N–H and O–H groups in total. The van der Waals surface area contributed by atoms with Gasteiger partial charge >= 0.3 is 0 Å². The van der Waals surface area contributed by atoms with Crippen molar-refractivity contribution in [1.29, 1.82) is 0 Å². The van der Waals surface area contributed by atoms with E-state index in [1.807, 2.05) is 12.1 Å². The number of unbranched alkanes of at least 4 members (excludes halogenated alkanes) is 6. The average Bonchev–Trinajstić information content (AvgIpc) is 2.58. The van der Waals surface area contributed by atoms with Crippen molar-refractivity contribution in [2.75, 3.05) is 6.61 Å². The van der Waals surface area contributed by atoms with Gasteiger partial charge < -0.3 is 4.74 Å². The maximum absolute atomic E-state index is 6.02. The van der Waals surface area contributed by atoms with Gasteiger partial charge in [0, 0.05) is 5.56 Å². The van der Waals surface area contributed by atoms with Crippen molar-refractivity contribution >= 4 is 0 Å². The van der Waals surface area contributed by atoms with Crippen molar-refractivity contribution in [1.82, 2.24) is 0 Å². The summed E-state index contributed by atoms with van der Waals surface area (Å²) in [6.45, 7) is 3.08. The van der Waals surface area contributed by atoms with Crippen LogP contribution in [-0.2, 0) is 0 Å². The number of para-hydroxylation sites is 1. The Bertz CT molecular complexity index is 518. The first kappa shape index (κ1) is 16.6. The number of hydrogen-bond donors (Lipinski definition) is 0. The predicted octanol–water partition coefficient (Wildman–Crippen LogP) is 6.48. The van der Waals surface area contributed by atoms with E-state index in [9.17, 15) is 0 Å². The van der Waals surface area contributed by atoms with Crippen LogP contribution in [0.1, 0.15) is 51.9 Å². The van der Waals surface area contributed by atoms with Crippen molar-refractivity contribution in [2.45, 2.75) is 51.9 Å². The molecule has 0 atom stereocenters. The van der Waals surface area contributed by atoms with Crippen molar-refractivity contribution in [3.8, 4) is 16.9 Å². The predicted molar refractivity (Wildman–Crippen MR) is 95.4 cm³/mol. The number of hydrogen-bond acceptors (Lipinski definition) is 1. The Balaban J connectivity index is 1.77. The Morgan fingerprint density at radius 3 is 2.09 bits per heavy atom. The molecular weight excluding hydrogens is 268 g/mol. The molecule has 1 heteroatoms. The second kappa shape index (κ2) is 10.0.